The molecule has 1 aliphatic rings. The summed E-state index contributed by atoms with van der Waals surface area (Å²) < 4.78 is 0. The van der Waals surface area contributed by atoms with Gasteiger partial charge in [-0.3, -0.25) is 34.2 Å². The summed E-state index contributed by atoms with van der Waals surface area (Å²) in [4.78, 5) is 59.8. The standard InChI is InChI=1S/C21H27ClN4O5/c1-14-7-6-8-15(23-11-4-2-3-5-12-24-21(22)31)18(14)20(30)26(13-27)16-9-10-17(28)25-19(16)29/h6-8,13,16,23H,2-5,9-12H2,1H3,(H,24,31)(H,25,28,29). The van der Waals surface area contributed by atoms with E-state index in [0.29, 0.717) is 36.3 Å². The molecule has 0 aromatic heterocycles. The van der Waals surface area contributed by atoms with Gasteiger partial charge in [-0.15, -0.1) is 0 Å². The number of piperidine rings is 1. The lowest BCUT2D eigenvalue weighted by atomic mass is 10.0. The summed E-state index contributed by atoms with van der Waals surface area (Å²) in [6.45, 7) is 2.91. The molecule has 1 unspecified atom stereocenters. The number of imide groups is 2. The molecule has 1 atom stereocenters. The number of benzene rings is 1. The van der Waals surface area contributed by atoms with E-state index in [0.717, 1.165) is 30.6 Å². The van der Waals surface area contributed by atoms with E-state index < -0.39 is 29.1 Å². The predicted octanol–water partition coefficient (Wildman–Crippen LogP) is 2.32. The summed E-state index contributed by atoms with van der Waals surface area (Å²) >= 11 is 5.21. The van der Waals surface area contributed by atoms with Gasteiger partial charge in [0.05, 0.1) is 5.56 Å². The smallest absolute Gasteiger partial charge is 0.313 e. The van der Waals surface area contributed by atoms with E-state index in [1.165, 1.54) is 0 Å². The van der Waals surface area contributed by atoms with Gasteiger partial charge in [0, 0.05) is 25.2 Å². The molecule has 2 rings (SSSR count). The highest BCUT2D eigenvalue weighted by atomic mass is 35.5. The van der Waals surface area contributed by atoms with Gasteiger partial charge in [0.2, 0.25) is 18.2 Å². The lowest BCUT2D eigenvalue weighted by Gasteiger charge is -2.29. The molecular weight excluding hydrogens is 424 g/mol. The number of unbranched alkanes of at least 4 members (excludes halogenated alkanes) is 3. The third-order valence-corrected chi connectivity index (χ3v) is 5.20. The van der Waals surface area contributed by atoms with Crippen molar-refractivity contribution in [2.75, 3.05) is 18.4 Å². The lowest BCUT2D eigenvalue weighted by Crippen LogP contribution is -2.54. The summed E-state index contributed by atoms with van der Waals surface area (Å²) in [5, 5.41) is 7.38. The SMILES string of the molecule is Cc1cccc(NCCCCCCNC(=O)Cl)c1C(=O)N(C=O)C1CCC(=O)NC1=O. The zero-order valence-corrected chi connectivity index (χ0v) is 18.2. The Morgan fingerprint density at radius 2 is 1.90 bits per heavy atom. The van der Waals surface area contributed by atoms with Gasteiger partial charge in [-0.1, -0.05) is 25.0 Å². The molecule has 1 aromatic rings. The Balaban J connectivity index is 1.98. The maximum atomic E-state index is 13.2. The summed E-state index contributed by atoms with van der Waals surface area (Å²) in [6, 6.07) is 4.31. The molecule has 10 heteroatoms. The average Bonchev–Trinajstić information content (AvgIpc) is 2.71. The van der Waals surface area contributed by atoms with E-state index in [9.17, 15) is 24.0 Å². The molecule has 0 bridgehead atoms. The minimum Gasteiger partial charge on any atom is -0.384 e. The van der Waals surface area contributed by atoms with Crippen LogP contribution in [0.1, 0.15) is 54.4 Å². The molecule has 1 heterocycles. The van der Waals surface area contributed by atoms with Crippen molar-refractivity contribution in [3.8, 4) is 0 Å². The molecule has 1 aromatic carbocycles. The van der Waals surface area contributed by atoms with Crippen molar-refractivity contribution in [1.29, 1.82) is 0 Å². The number of anilines is 1. The highest BCUT2D eigenvalue weighted by Gasteiger charge is 2.35. The molecule has 0 saturated carbocycles. The van der Waals surface area contributed by atoms with E-state index >= 15 is 0 Å². The van der Waals surface area contributed by atoms with Gasteiger partial charge in [-0.25, -0.2) is 0 Å². The van der Waals surface area contributed by atoms with Gasteiger partial charge >= 0.3 is 5.37 Å². The number of nitrogens with zero attached hydrogens (tertiary/aromatic N) is 1. The number of hydrogen-bond acceptors (Lipinski definition) is 6. The number of nitrogens with one attached hydrogen (secondary N) is 3. The first-order valence-electron chi connectivity index (χ1n) is 10.2. The second-order valence-electron chi connectivity index (χ2n) is 7.32. The van der Waals surface area contributed by atoms with Gasteiger partial charge in [0.15, 0.2) is 0 Å². The molecule has 1 fully saturated rings. The van der Waals surface area contributed by atoms with Crippen LogP contribution in [0.5, 0.6) is 0 Å². The number of carbonyl (C=O) groups is 5. The van der Waals surface area contributed by atoms with Crippen LogP contribution in [0, 0.1) is 6.92 Å². The topological polar surface area (TPSA) is 125 Å². The fourth-order valence-electron chi connectivity index (χ4n) is 3.45. The summed E-state index contributed by atoms with van der Waals surface area (Å²) in [5.74, 6) is -1.64. The molecule has 5 amide bonds. The van der Waals surface area contributed by atoms with Crippen LogP contribution in [0.15, 0.2) is 18.2 Å². The highest BCUT2D eigenvalue weighted by Crippen LogP contribution is 2.24. The van der Waals surface area contributed by atoms with E-state index in [1.807, 2.05) is 0 Å². The molecule has 0 radical (unpaired) electrons. The number of rotatable bonds is 11. The van der Waals surface area contributed by atoms with Crippen molar-refractivity contribution in [3.05, 3.63) is 29.3 Å². The van der Waals surface area contributed by atoms with Gasteiger partial charge in [-0.2, -0.15) is 0 Å². The molecule has 168 valence electrons. The third kappa shape index (κ3) is 7.06. The zero-order chi connectivity index (χ0) is 22.8. The molecule has 1 aliphatic heterocycles. The van der Waals surface area contributed by atoms with Crippen molar-refractivity contribution in [2.45, 2.75) is 51.5 Å². The number of amides is 5. The second-order valence-corrected chi connectivity index (χ2v) is 7.67. The van der Waals surface area contributed by atoms with Crippen LogP contribution in [0.2, 0.25) is 0 Å². The van der Waals surface area contributed by atoms with E-state index in [2.05, 4.69) is 16.0 Å². The van der Waals surface area contributed by atoms with Crippen LogP contribution in [0.4, 0.5) is 10.5 Å². The molecule has 0 spiro atoms. The molecule has 0 aliphatic carbocycles. The average molecular weight is 451 g/mol. The Hall–Kier alpha value is -2.94. The van der Waals surface area contributed by atoms with Crippen molar-refractivity contribution in [3.63, 3.8) is 0 Å². The highest BCUT2D eigenvalue weighted by molar-refractivity contribution is 6.62. The van der Waals surface area contributed by atoms with E-state index in [-0.39, 0.29) is 12.8 Å². The molecular formula is C21H27ClN4O5. The minimum absolute atomic E-state index is 0.0709. The van der Waals surface area contributed by atoms with Crippen LogP contribution in [-0.4, -0.2) is 53.5 Å². The summed E-state index contributed by atoms with van der Waals surface area (Å²) in [6.07, 6.45) is 4.05. The van der Waals surface area contributed by atoms with Crippen LogP contribution in [-0.2, 0) is 14.4 Å². The van der Waals surface area contributed by atoms with Crippen LogP contribution >= 0.6 is 11.6 Å². The van der Waals surface area contributed by atoms with Crippen molar-refractivity contribution in [2.24, 2.45) is 0 Å². The van der Waals surface area contributed by atoms with Crippen LogP contribution in [0.3, 0.4) is 0 Å². The summed E-state index contributed by atoms with van der Waals surface area (Å²) in [5.41, 5.74) is 1.58. The predicted molar refractivity (Wildman–Crippen MR) is 116 cm³/mol. The fraction of sp³-hybridized carbons (Fsp3) is 0.476. The monoisotopic (exact) mass is 450 g/mol. The quantitative estimate of drug-likeness (QED) is 0.156. The first-order chi connectivity index (χ1) is 14.8. The van der Waals surface area contributed by atoms with Gasteiger partial charge < -0.3 is 10.6 Å². The maximum Gasteiger partial charge on any atom is 0.313 e. The molecule has 9 nitrogen and oxygen atoms in total. The zero-order valence-electron chi connectivity index (χ0n) is 17.4. The molecule has 3 N–H and O–H groups in total. The fourth-order valence-corrected chi connectivity index (χ4v) is 3.55. The van der Waals surface area contributed by atoms with Crippen molar-refractivity contribution >= 4 is 46.8 Å². The largest absolute Gasteiger partial charge is 0.384 e. The van der Waals surface area contributed by atoms with Gasteiger partial charge in [0.25, 0.3) is 5.91 Å². The lowest BCUT2D eigenvalue weighted by molar-refractivity contribution is -0.139. The maximum absolute atomic E-state index is 13.2. The Bertz CT molecular complexity index is 845. The Labute approximate surface area is 185 Å². The van der Waals surface area contributed by atoms with Crippen LogP contribution < -0.4 is 16.0 Å². The second kappa shape index (κ2) is 12.0. The normalized spacial score (nSPS) is 15.7. The first kappa shape index (κ1) is 24.3. The molecule has 1 saturated heterocycles. The number of halogens is 1. The van der Waals surface area contributed by atoms with E-state index in [1.54, 1.807) is 25.1 Å². The Kier molecular flexibility index (Phi) is 9.45. The number of carbonyl (C=O) groups excluding carboxylic acids is 5. The van der Waals surface area contributed by atoms with Gasteiger partial charge in [0.1, 0.15) is 6.04 Å². The first-order valence-corrected chi connectivity index (χ1v) is 10.6. The number of aryl methyl sites for hydroxylation is 1. The van der Waals surface area contributed by atoms with Gasteiger partial charge in [-0.05, 0) is 49.4 Å². The number of hydrogen-bond donors (Lipinski definition) is 3. The van der Waals surface area contributed by atoms with Crippen molar-refractivity contribution < 1.29 is 24.0 Å². The third-order valence-electron chi connectivity index (χ3n) is 5.06. The Morgan fingerprint density at radius 1 is 1.19 bits per heavy atom. The van der Waals surface area contributed by atoms with E-state index in [4.69, 9.17) is 11.6 Å². The Morgan fingerprint density at radius 3 is 2.55 bits per heavy atom. The minimum atomic E-state index is -1.01. The van der Waals surface area contributed by atoms with Crippen molar-refractivity contribution in [1.82, 2.24) is 15.5 Å². The molecule has 31 heavy (non-hydrogen) atoms. The summed E-state index contributed by atoms with van der Waals surface area (Å²) in [7, 11) is 0. The van der Waals surface area contributed by atoms with Crippen LogP contribution in [0.25, 0.3) is 0 Å².